The van der Waals surface area contributed by atoms with Gasteiger partial charge in [-0.05, 0) is 59.1 Å². The van der Waals surface area contributed by atoms with Gasteiger partial charge in [-0.25, -0.2) is 0 Å². The van der Waals surface area contributed by atoms with Crippen molar-refractivity contribution in [2.24, 2.45) is 0 Å². The fourth-order valence-electron chi connectivity index (χ4n) is 2.74. The van der Waals surface area contributed by atoms with E-state index in [9.17, 15) is 4.79 Å². The zero-order valence-electron chi connectivity index (χ0n) is 11.9. The first-order valence-corrected chi connectivity index (χ1v) is 7.97. The topological polar surface area (TPSA) is 46.1 Å². The predicted molar refractivity (Wildman–Crippen MR) is 87.6 cm³/mol. The molecule has 0 atom stereocenters. The third kappa shape index (κ3) is 2.89. The number of aryl methyl sites for hydroxylation is 1. The lowest BCUT2D eigenvalue weighted by Crippen LogP contribution is -2.26. The largest absolute Gasteiger partial charge is 0.343 e. The van der Waals surface area contributed by atoms with Crippen molar-refractivity contribution in [1.29, 1.82) is 0 Å². The maximum absolute atomic E-state index is 12.5. The molecule has 5 heteroatoms. The summed E-state index contributed by atoms with van der Waals surface area (Å²) in [6, 6.07) is 7.97. The Balaban J connectivity index is 1.88. The van der Waals surface area contributed by atoms with Crippen LogP contribution >= 0.6 is 15.9 Å². The SMILES string of the molecule is CCn1cc(Br)cc1C(=O)Nc1cccc2c1CNCC2. The lowest BCUT2D eigenvalue weighted by atomic mass is 9.99. The van der Waals surface area contributed by atoms with Crippen molar-refractivity contribution in [3.05, 3.63) is 51.8 Å². The number of hydrogen-bond acceptors (Lipinski definition) is 2. The highest BCUT2D eigenvalue weighted by molar-refractivity contribution is 9.10. The van der Waals surface area contributed by atoms with Crippen molar-refractivity contribution in [3.63, 3.8) is 0 Å². The molecular formula is C16H18BrN3O. The maximum Gasteiger partial charge on any atom is 0.272 e. The molecule has 2 heterocycles. The van der Waals surface area contributed by atoms with Crippen LogP contribution in [0.2, 0.25) is 0 Å². The standard InChI is InChI=1S/C16H18BrN3O/c1-2-20-10-12(17)8-15(20)16(21)19-14-5-3-4-11-6-7-18-9-13(11)14/h3-5,8,10,18H,2,6-7,9H2,1H3,(H,19,21). The molecule has 1 aliphatic heterocycles. The zero-order valence-corrected chi connectivity index (χ0v) is 13.5. The molecule has 1 aromatic heterocycles. The van der Waals surface area contributed by atoms with Crippen molar-refractivity contribution < 1.29 is 4.79 Å². The average Bonchev–Trinajstić information content (AvgIpc) is 2.89. The fraction of sp³-hybridized carbons (Fsp3) is 0.312. The minimum atomic E-state index is -0.0680. The van der Waals surface area contributed by atoms with Crippen LogP contribution in [0.3, 0.4) is 0 Å². The Bertz CT molecular complexity index is 678. The lowest BCUT2D eigenvalue weighted by Gasteiger charge is -2.20. The number of nitrogens with one attached hydrogen (secondary N) is 2. The van der Waals surface area contributed by atoms with E-state index in [-0.39, 0.29) is 5.91 Å². The summed E-state index contributed by atoms with van der Waals surface area (Å²) in [5.74, 6) is -0.0680. The Hall–Kier alpha value is -1.59. The monoisotopic (exact) mass is 347 g/mol. The van der Waals surface area contributed by atoms with Gasteiger partial charge in [-0.1, -0.05) is 12.1 Å². The highest BCUT2D eigenvalue weighted by atomic mass is 79.9. The zero-order chi connectivity index (χ0) is 14.8. The molecule has 2 N–H and O–H groups in total. The Morgan fingerprint density at radius 2 is 2.33 bits per heavy atom. The number of fused-ring (bicyclic) bond motifs is 1. The highest BCUT2D eigenvalue weighted by Gasteiger charge is 2.17. The molecule has 3 rings (SSSR count). The van der Waals surface area contributed by atoms with Gasteiger partial charge in [0.25, 0.3) is 5.91 Å². The molecule has 2 aromatic rings. The van der Waals surface area contributed by atoms with Crippen LogP contribution in [0.5, 0.6) is 0 Å². The second-order valence-corrected chi connectivity index (χ2v) is 6.07. The molecule has 110 valence electrons. The molecule has 0 saturated carbocycles. The summed E-state index contributed by atoms with van der Waals surface area (Å²) < 4.78 is 2.86. The van der Waals surface area contributed by atoms with Crippen LogP contribution in [0.1, 0.15) is 28.5 Å². The van der Waals surface area contributed by atoms with Crippen molar-refractivity contribution in [1.82, 2.24) is 9.88 Å². The third-order valence-corrected chi connectivity index (χ3v) is 4.26. The van der Waals surface area contributed by atoms with Gasteiger partial charge in [0.05, 0.1) is 0 Å². The fourth-order valence-corrected chi connectivity index (χ4v) is 3.21. The van der Waals surface area contributed by atoms with E-state index < -0.39 is 0 Å². The van der Waals surface area contributed by atoms with E-state index in [2.05, 4.69) is 32.6 Å². The third-order valence-electron chi connectivity index (χ3n) is 3.83. The Labute approximate surface area is 132 Å². The molecule has 21 heavy (non-hydrogen) atoms. The smallest absolute Gasteiger partial charge is 0.272 e. The summed E-state index contributed by atoms with van der Waals surface area (Å²) in [5.41, 5.74) is 4.10. The second kappa shape index (κ2) is 6.03. The number of amides is 1. The van der Waals surface area contributed by atoms with E-state index in [0.29, 0.717) is 5.69 Å². The average molecular weight is 348 g/mol. The predicted octanol–water partition coefficient (Wildman–Crippen LogP) is 3.17. The normalized spacial score (nSPS) is 13.8. The highest BCUT2D eigenvalue weighted by Crippen LogP contribution is 2.24. The van der Waals surface area contributed by atoms with Crippen LogP contribution in [0.25, 0.3) is 0 Å². The summed E-state index contributed by atoms with van der Waals surface area (Å²) >= 11 is 3.43. The van der Waals surface area contributed by atoms with Gasteiger partial charge in [-0.2, -0.15) is 0 Å². The quantitative estimate of drug-likeness (QED) is 0.895. The number of halogens is 1. The molecule has 1 aliphatic rings. The van der Waals surface area contributed by atoms with Crippen LogP contribution < -0.4 is 10.6 Å². The molecular weight excluding hydrogens is 330 g/mol. The number of aromatic nitrogens is 1. The number of anilines is 1. The number of hydrogen-bond donors (Lipinski definition) is 2. The first kappa shape index (κ1) is 14.4. The molecule has 0 fully saturated rings. The van der Waals surface area contributed by atoms with E-state index in [1.165, 1.54) is 11.1 Å². The Kier molecular flexibility index (Phi) is 4.12. The first-order chi connectivity index (χ1) is 10.2. The Morgan fingerprint density at radius 3 is 3.14 bits per heavy atom. The van der Waals surface area contributed by atoms with Gasteiger partial charge in [0.2, 0.25) is 0 Å². The van der Waals surface area contributed by atoms with Gasteiger partial charge in [0.1, 0.15) is 5.69 Å². The van der Waals surface area contributed by atoms with Crippen molar-refractivity contribution >= 4 is 27.5 Å². The molecule has 0 bridgehead atoms. The van der Waals surface area contributed by atoms with E-state index in [0.717, 1.165) is 36.2 Å². The summed E-state index contributed by atoms with van der Waals surface area (Å²) in [6.07, 6.45) is 2.94. The second-order valence-electron chi connectivity index (χ2n) is 5.15. The summed E-state index contributed by atoms with van der Waals surface area (Å²) in [7, 11) is 0. The number of nitrogens with zero attached hydrogens (tertiary/aromatic N) is 1. The summed E-state index contributed by atoms with van der Waals surface area (Å²) in [4.78, 5) is 12.5. The van der Waals surface area contributed by atoms with Gasteiger partial charge in [0.15, 0.2) is 0 Å². The lowest BCUT2D eigenvalue weighted by molar-refractivity contribution is 0.101. The molecule has 1 aromatic carbocycles. The van der Waals surface area contributed by atoms with Crippen molar-refractivity contribution in [2.75, 3.05) is 11.9 Å². The first-order valence-electron chi connectivity index (χ1n) is 7.17. The van der Waals surface area contributed by atoms with Gasteiger partial charge >= 0.3 is 0 Å². The molecule has 0 radical (unpaired) electrons. The minimum Gasteiger partial charge on any atom is -0.343 e. The van der Waals surface area contributed by atoms with E-state index in [1.807, 2.05) is 35.9 Å². The van der Waals surface area contributed by atoms with E-state index >= 15 is 0 Å². The van der Waals surface area contributed by atoms with Crippen LogP contribution in [0, 0.1) is 0 Å². The molecule has 0 saturated heterocycles. The van der Waals surface area contributed by atoms with Gasteiger partial charge in [-0.15, -0.1) is 0 Å². The maximum atomic E-state index is 12.5. The number of carbonyl (C=O) groups excluding carboxylic acids is 1. The van der Waals surface area contributed by atoms with Crippen LogP contribution in [-0.2, 0) is 19.5 Å². The molecule has 4 nitrogen and oxygen atoms in total. The molecule has 0 aliphatic carbocycles. The van der Waals surface area contributed by atoms with Crippen LogP contribution in [0.4, 0.5) is 5.69 Å². The van der Waals surface area contributed by atoms with Gasteiger partial charge in [0, 0.05) is 29.4 Å². The van der Waals surface area contributed by atoms with E-state index in [4.69, 9.17) is 0 Å². The van der Waals surface area contributed by atoms with Crippen molar-refractivity contribution in [2.45, 2.75) is 26.4 Å². The summed E-state index contributed by atoms with van der Waals surface area (Å²) in [6.45, 7) is 4.60. The van der Waals surface area contributed by atoms with Gasteiger partial charge < -0.3 is 15.2 Å². The van der Waals surface area contributed by atoms with E-state index in [1.54, 1.807) is 0 Å². The van der Waals surface area contributed by atoms with Gasteiger partial charge in [-0.3, -0.25) is 4.79 Å². The number of rotatable bonds is 3. The number of benzene rings is 1. The molecule has 0 unspecified atom stereocenters. The van der Waals surface area contributed by atoms with Crippen LogP contribution in [-0.4, -0.2) is 17.0 Å². The summed E-state index contributed by atoms with van der Waals surface area (Å²) in [5, 5.41) is 6.41. The minimum absolute atomic E-state index is 0.0680. The van der Waals surface area contributed by atoms with Crippen molar-refractivity contribution in [3.8, 4) is 0 Å². The van der Waals surface area contributed by atoms with Crippen LogP contribution in [0.15, 0.2) is 34.9 Å². The molecule has 1 amide bonds. The molecule has 0 spiro atoms. The Morgan fingerprint density at radius 1 is 1.48 bits per heavy atom. The number of carbonyl (C=O) groups is 1.